The summed E-state index contributed by atoms with van der Waals surface area (Å²) in [5.41, 5.74) is 17.9. The van der Waals surface area contributed by atoms with Gasteiger partial charge >= 0.3 is 0 Å². The van der Waals surface area contributed by atoms with Crippen LogP contribution in [0.25, 0.3) is 22.8 Å². The molecular weight excluding hydrogens is 617 g/mol. The molecule has 0 spiro atoms. The highest BCUT2D eigenvalue weighted by Gasteiger charge is 2.14. The predicted molar refractivity (Wildman–Crippen MR) is 220 cm³/mol. The van der Waals surface area contributed by atoms with Crippen LogP contribution in [0.5, 0.6) is 0 Å². The van der Waals surface area contributed by atoms with Crippen molar-refractivity contribution in [1.29, 1.82) is 0 Å². The van der Waals surface area contributed by atoms with Crippen LogP contribution in [0.4, 0.5) is 34.1 Å². The van der Waals surface area contributed by atoms with Gasteiger partial charge in [-0.25, -0.2) is 0 Å². The Morgan fingerprint density at radius 1 is 0.333 bits per heavy atom. The van der Waals surface area contributed by atoms with Crippen LogP contribution >= 0.6 is 0 Å². The van der Waals surface area contributed by atoms with Crippen molar-refractivity contribution in [2.75, 3.05) is 9.80 Å². The van der Waals surface area contributed by atoms with E-state index in [1.54, 1.807) is 0 Å². The molecule has 51 heavy (non-hydrogen) atoms. The Morgan fingerprint density at radius 3 is 0.902 bits per heavy atom. The van der Waals surface area contributed by atoms with E-state index in [-0.39, 0.29) is 0 Å². The first-order chi connectivity index (χ1) is 24.8. The van der Waals surface area contributed by atoms with Gasteiger partial charge in [0.2, 0.25) is 0 Å². The first-order valence-corrected chi connectivity index (χ1v) is 17.7. The zero-order valence-corrected chi connectivity index (χ0v) is 30.1. The van der Waals surface area contributed by atoms with Crippen LogP contribution in [0.2, 0.25) is 0 Å². The molecule has 0 saturated heterocycles. The van der Waals surface area contributed by atoms with Crippen LogP contribution < -0.4 is 9.80 Å². The Balaban J connectivity index is 1.09. The molecule has 0 bridgehead atoms. The van der Waals surface area contributed by atoms with E-state index >= 15 is 0 Å². The molecular formula is C49H44N2. The highest BCUT2D eigenvalue weighted by Crippen LogP contribution is 2.37. The Bertz CT molecular complexity index is 2130. The lowest BCUT2D eigenvalue weighted by molar-refractivity contribution is 1.27. The van der Waals surface area contributed by atoms with Crippen LogP contribution in [-0.2, 0) is 0 Å². The van der Waals surface area contributed by atoms with Gasteiger partial charge in [-0.3, -0.25) is 0 Å². The number of rotatable bonds is 9. The molecule has 2 nitrogen and oxygen atoms in total. The van der Waals surface area contributed by atoms with E-state index in [1.165, 1.54) is 50.1 Å². The Kier molecular flexibility index (Phi) is 9.67. The fraction of sp³-hybridized carbons (Fsp3) is 0.102. The molecule has 0 aliphatic heterocycles. The Labute approximate surface area is 303 Å². The molecule has 0 fully saturated rings. The highest BCUT2D eigenvalue weighted by atomic mass is 15.1. The van der Waals surface area contributed by atoms with Crippen molar-refractivity contribution < 1.29 is 0 Å². The summed E-state index contributed by atoms with van der Waals surface area (Å²) in [6.45, 7) is 10.7. The van der Waals surface area contributed by atoms with Crippen LogP contribution in [0.1, 0.15) is 40.3 Å². The number of nitrogens with zero attached hydrogens (tertiary/aromatic N) is 2. The second kappa shape index (κ2) is 14.8. The molecule has 0 aliphatic rings. The van der Waals surface area contributed by atoms with Gasteiger partial charge in [0, 0.05) is 34.1 Å². The normalized spacial score (nSPS) is 11.4. The van der Waals surface area contributed by atoms with E-state index < -0.39 is 0 Å². The number of hydrogen-bond donors (Lipinski definition) is 0. The molecule has 7 rings (SSSR count). The molecule has 0 amide bonds. The van der Waals surface area contributed by atoms with Gasteiger partial charge in [-0.15, -0.1) is 0 Å². The maximum absolute atomic E-state index is 2.31. The molecule has 2 heteroatoms. The monoisotopic (exact) mass is 660 g/mol. The fourth-order valence-electron chi connectivity index (χ4n) is 6.45. The van der Waals surface area contributed by atoms with E-state index in [9.17, 15) is 0 Å². The smallest absolute Gasteiger partial charge is 0.0462 e. The quantitative estimate of drug-likeness (QED) is 0.142. The van der Waals surface area contributed by atoms with Gasteiger partial charge in [-0.2, -0.15) is 0 Å². The van der Waals surface area contributed by atoms with Crippen LogP contribution in [0, 0.1) is 27.7 Å². The summed E-state index contributed by atoms with van der Waals surface area (Å²) in [7, 11) is 0. The summed E-state index contributed by atoms with van der Waals surface area (Å²) < 4.78 is 0. The second-order valence-electron chi connectivity index (χ2n) is 13.6. The third-order valence-electron chi connectivity index (χ3n) is 9.50. The van der Waals surface area contributed by atoms with Crippen molar-refractivity contribution in [3.05, 3.63) is 203 Å². The van der Waals surface area contributed by atoms with E-state index in [2.05, 4.69) is 220 Å². The minimum Gasteiger partial charge on any atom is -0.311 e. The first-order valence-electron chi connectivity index (χ1n) is 17.7. The van der Waals surface area contributed by atoms with Crippen molar-refractivity contribution in [2.45, 2.75) is 34.6 Å². The van der Waals surface area contributed by atoms with Gasteiger partial charge in [0.25, 0.3) is 0 Å². The molecule has 0 radical (unpaired) electrons. The van der Waals surface area contributed by atoms with Crippen LogP contribution in [0.3, 0.4) is 0 Å². The fourth-order valence-corrected chi connectivity index (χ4v) is 6.45. The average Bonchev–Trinajstić information content (AvgIpc) is 3.16. The number of aryl methyl sites for hydroxylation is 4. The summed E-state index contributed by atoms with van der Waals surface area (Å²) in [6, 6.07) is 61.5. The molecule has 0 heterocycles. The molecule has 0 N–H and O–H groups in total. The molecule has 0 aromatic heterocycles. The molecule has 0 atom stereocenters. The van der Waals surface area contributed by atoms with Crippen molar-refractivity contribution in [3.8, 4) is 11.1 Å². The molecule has 0 unspecified atom stereocenters. The van der Waals surface area contributed by atoms with E-state index in [0.717, 1.165) is 34.1 Å². The van der Waals surface area contributed by atoms with Crippen LogP contribution in [-0.4, -0.2) is 0 Å². The third-order valence-corrected chi connectivity index (χ3v) is 9.50. The topological polar surface area (TPSA) is 6.48 Å². The van der Waals surface area contributed by atoms with Gasteiger partial charge in [-0.1, -0.05) is 125 Å². The third kappa shape index (κ3) is 7.71. The lowest BCUT2D eigenvalue weighted by Crippen LogP contribution is -2.09. The van der Waals surface area contributed by atoms with E-state index in [4.69, 9.17) is 0 Å². The van der Waals surface area contributed by atoms with Crippen LogP contribution in [0.15, 0.2) is 170 Å². The van der Waals surface area contributed by atoms with E-state index in [0.29, 0.717) is 0 Å². The van der Waals surface area contributed by atoms with Crippen molar-refractivity contribution in [1.82, 2.24) is 0 Å². The maximum atomic E-state index is 2.31. The standard InChI is InChI=1S/C49H44N2/c1-35-6-22-44(23-7-35)50(45-24-8-36(2)9-25-45)48-30-18-41(19-31-48)39(5)34-40-14-16-42(17-15-40)43-20-32-49(33-21-43)51(46-26-10-37(3)11-27-46)47-28-12-38(4)13-29-47/h6-34H,1-5H3/b39-34+. The summed E-state index contributed by atoms with van der Waals surface area (Å²) in [5.74, 6) is 0. The highest BCUT2D eigenvalue weighted by molar-refractivity contribution is 5.84. The lowest BCUT2D eigenvalue weighted by atomic mass is 10.0. The van der Waals surface area contributed by atoms with Gasteiger partial charge in [0.1, 0.15) is 0 Å². The van der Waals surface area contributed by atoms with Gasteiger partial charge in [0.05, 0.1) is 0 Å². The summed E-state index contributed by atoms with van der Waals surface area (Å²) >= 11 is 0. The van der Waals surface area contributed by atoms with Crippen molar-refractivity contribution in [3.63, 3.8) is 0 Å². The number of benzene rings is 7. The zero-order chi connectivity index (χ0) is 35.3. The minimum absolute atomic E-state index is 1.13. The summed E-state index contributed by atoms with van der Waals surface area (Å²) in [5, 5.41) is 0. The second-order valence-corrected chi connectivity index (χ2v) is 13.6. The average molecular weight is 661 g/mol. The Morgan fingerprint density at radius 2 is 0.588 bits per heavy atom. The van der Waals surface area contributed by atoms with Crippen molar-refractivity contribution >= 4 is 45.8 Å². The maximum Gasteiger partial charge on any atom is 0.0462 e. The molecule has 0 aliphatic carbocycles. The lowest BCUT2D eigenvalue weighted by Gasteiger charge is -2.26. The largest absolute Gasteiger partial charge is 0.311 e. The predicted octanol–water partition coefficient (Wildman–Crippen LogP) is 14.1. The first kappa shape index (κ1) is 33.4. The molecule has 7 aromatic carbocycles. The molecule has 7 aromatic rings. The van der Waals surface area contributed by atoms with Gasteiger partial charge < -0.3 is 9.80 Å². The number of allylic oxidation sites excluding steroid dienone is 1. The number of hydrogen-bond acceptors (Lipinski definition) is 2. The van der Waals surface area contributed by atoms with E-state index in [1.807, 2.05) is 0 Å². The minimum atomic E-state index is 1.13. The van der Waals surface area contributed by atoms with Crippen molar-refractivity contribution in [2.24, 2.45) is 0 Å². The summed E-state index contributed by atoms with van der Waals surface area (Å²) in [6.07, 6.45) is 2.26. The zero-order valence-electron chi connectivity index (χ0n) is 30.1. The molecule has 250 valence electrons. The Hall–Kier alpha value is -6.12. The number of anilines is 6. The summed E-state index contributed by atoms with van der Waals surface area (Å²) in [4.78, 5) is 4.63. The molecule has 0 saturated carbocycles. The van der Waals surface area contributed by atoms with Gasteiger partial charge in [-0.05, 0) is 135 Å². The van der Waals surface area contributed by atoms with Gasteiger partial charge in [0.15, 0.2) is 0 Å². The SMILES string of the molecule is C/C(=C\c1ccc(-c2ccc(N(c3ccc(C)cc3)c3ccc(C)cc3)cc2)cc1)c1ccc(N(c2ccc(C)cc2)c2ccc(C)cc2)cc1.